The summed E-state index contributed by atoms with van der Waals surface area (Å²) in [6.45, 7) is 11.6. The Balaban J connectivity index is 1.66. The third-order valence-corrected chi connectivity index (χ3v) is 5.04. The standard InChI is InChI=1S/C20H30BrN3O3/c1-13-10-16(21)6-7-17(13)23-18(25)8-9-22-14(2)15-11-24(12-15)19(26)27-20(3,4)5/h6-7,10,14-15,22H,8-9,11-12H2,1-5H3,(H,23,25)/t14-/m0/s1. The Morgan fingerprint density at radius 1 is 1.33 bits per heavy atom. The number of amides is 2. The van der Waals surface area contributed by atoms with Crippen molar-refractivity contribution in [2.45, 2.75) is 52.7 Å². The number of carbonyl (C=O) groups excluding carboxylic acids is 2. The minimum absolute atomic E-state index is 0.0101. The number of nitrogens with one attached hydrogen (secondary N) is 2. The number of anilines is 1. The van der Waals surface area contributed by atoms with Gasteiger partial charge in [-0.15, -0.1) is 0 Å². The fourth-order valence-electron chi connectivity index (χ4n) is 2.86. The smallest absolute Gasteiger partial charge is 0.410 e. The topological polar surface area (TPSA) is 70.7 Å². The summed E-state index contributed by atoms with van der Waals surface area (Å²) in [6.07, 6.45) is 0.151. The second-order valence-electron chi connectivity index (χ2n) is 8.15. The first-order chi connectivity index (χ1) is 12.5. The zero-order valence-electron chi connectivity index (χ0n) is 16.8. The van der Waals surface area contributed by atoms with Gasteiger partial charge in [0.1, 0.15) is 5.60 Å². The van der Waals surface area contributed by atoms with Crippen LogP contribution >= 0.6 is 15.9 Å². The molecule has 0 aromatic heterocycles. The van der Waals surface area contributed by atoms with E-state index in [4.69, 9.17) is 4.74 Å². The monoisotopic (exact) mass is 439 g/mol. The number of likely N-dealkylation sites (tertiary alicyclic amines) is 1. The van der Waals surface area contributed by atoms with E-state index >= 15 is 0 Å². The van der Waals surface area contributed by atoms with Crippen LogP contribution in [0.2, 0.25) is 0 Å². The summed E-state index contributed by atoms with van der Waals surface area (Å²) in [5, 5.41) is 6.33. The van der Waals surface area contributed by atoms with E-state index in [1.165, 1.54) is 0 Å². The Morgan fingerprint density at radius 3 is 2.59 bits per heavy atom. The van der Waals surface area contributed by atoms with Crippen LogP contribution in [0.25, 0.3) is 0 Å². The van der Waals surface area contributed by atoms with Gasteiger partial charge in [-0.2, -0.15) is 0 Å². The fourth-order valence-corrected chi connectivity index (χ4v) is 3.34. The summed E-state index contributed by atoms with van der Waals surface area (Å²) in [6, 6.07) is 6.03. The fraction of sp³-hybridized carbons (Fsp3) is 0.600. The van der Waals surface area contributed by atoms with Gasteiger partial charge >= 0.3 is 6.09 Å². The second-order valence-corrected chi connectivity index (χ2v) is 9.06. The van der Waals surface area contributed by atoms with Crippen molar-refractivity contribution in [1.82, 2.24) is 10.2 Å². The number of halogens is 1. The number of rotatable bonds is 6. The van der Waals surface area contributed by atoms with Gasteiger partial charge in [0.15, 0.2) is 0 Å². The molecular formula is C20H30BrN3O3. The van der Waals surface area contributed by atoms with Gasteiger partial charge in [-0.1, -0.05) is 15.9 Å². The molecule has 1 aliphatic rings. The van der Waals surface area contributed by atoms with Gasteiger partial charge in [0.2, 0.25) is 5.91 Å². The zero-order chi connectivity index (χ0) is 20.2. The first-order valence-corrected chi connectivity index (χ1v) is 10.1. The molecule has 0 radical (unpaired) electrons. The Kier molecular flexibility index (Phi) is 7.28. The van der Waals surface area contributed by atoms with Gasteiger partial charge in [0, 0.05) is 48.2 Å². The number of hydrogen-bond acceptors (Lipinski definition) is 4. The molecule has 0 aliphatic carbocycles. The lowest BCUT2D eigenvalue weighted by Crippen LogP contribution is -2.57. The predicted molar refractivity (Wildman–Crippen MR) is 111 cm³/mol. The van der Waals surface area contributed by atoms with Crippen LogP contribution in [0.15, 0.2) is 22.7 Å². The van der Waals surface area contributed by atoms with Gasteiger partial charge in [0.25, 0.3) is 0 Å². The van der Waals surface area contributed by atoms with Crippen LogP contribution in [-0.2, 0) is 9.53 Å². The third-order valence-electron chi connectivity index (χ3n) is 4.55. The molecule has 2 amide bonds. The highest BCUT2D eigenvalue weighted by Crippen LogP contribution is 2.22. The molecule has 0 bridgehead atoms. The molecule has 0 unspecified atom stereocenters. The summed E-state index contributed by atoms with van der Waals surface area (Å²) >= 11 is 3.42. The van der Waals surface area contributed by atoms with E-state index in [0.717, 1.165) is 15.7 Å². The van der Waals surface area contributed by atoms with Crippen LogP contribution in [0.3, 0.4) is 0 Å². The molecule has 1 aromatic rings. The summed E-state index contributed by atoms with van der Waals surface area (Å²) in [7, 11) is 0. The maximum atomic E-state index is 12.1. The lowest BCUT2D eigenvalue weighted by molar-refractivity contribution is -0.116. The lowest BCUT2D eigenvalue weighted by atomic mass is 9.93. The zero-order valence-corrected chi connectivity index (χ0v) is 18.4. The van der Waals surface area contributed by atoms with E-state index < -0.39 is 5.60 Å². The van der Waals surface area contributed by atoms with Crippen molar-refractivity contribution in [2.75, 3.05) is 25.0 Å². The van der Waals surface area contributed by atoms with Crippen LogP contribution in [0.5, 0.6) is 0 Å². The molecule has 1 aliphatic heterocycles. The normalized spacial score (nSPS) is 15.9. The molecule has 0 saturated carbocycles. The second kappa shape index (κ2) is 9.06. The summed E-state index contributed by atoms with van der Waals surface area (Å²) in [4.78, 5) is 25.8. The van der Waals surface area contributed by atoms with E-state index in [-0.39, 0.29) is 18.0 Å². The lowest BCUT2D eigenvalue weighted by Gasteiger charge is -2.42. The van der Waals surface area contributed by atoms with E-state index in [0.29, 0.717) is 32.0 Å². The number of aryl methyl sites for hydroxylation is 1. The molecule has 27 heavy (non-hydrogen) atoms. The molecular weight excluding hydrogens is 410 g/mol. The van der Waals surface area contributed by atoms with Crippen LogP contribution in [-0.4, -0.2) is 48.2 Å². The Morgan fingerprint density at radius 2 is 2.00 bits per heavy atom. The largest absolute Gasteiger partial charge is 0.444 e. The molecule has 2 N–H and O–H groups in total. The van der Waals surface area contributed by atoms with Crippen molar-refractivity contribution in [2.24, 2.45) is 5.92 Å². The molecule has 0 spiro atoms. The summed E-state index contributed by atoms with van der Waals surface area (Å²) in [5.41, 5.74) is 1.39. The number of nitrogens with zero attached hydrogens (tertiary/aromatic N) is 1. The van der Waals surface area contributed by atoms with Crippen molar-refractivity contribution < 1.29 is 14.3 Å². The average molecular weight is 440 g/mol. The van der Waals surface area contributed by atoms with Crippen molar-refractivity contribution in [3.63, 3.8) is 0 Å². The molecule has 1 heterocycles. The van der Waals surface area contributed by atoms with Crippen molar-refractivity contribution in [3.8, 4) is 0 Å². The highest BCUT2D eigenvalue weighted by atomic mass is 79.9. The minimum atomic E-state index is -0.466. The van der Waals surface area contributed by atoms with Gasteiger partial charge < -0.3 is 20.3 Å². The van der Waals surface area contributed by atoms with E-state index in [2.05, 4.69) is 33.5 Å². The van der Waals surface area contributed by atoms with Gasteiger partial charge in [-0.05, 0) is 58.4 Å². The molecule has 6 nitrogen and oxygen atoms in total. The first kappa shape index (κ1) is 21.7. The molecule has 1 atom stereocenters. The number of benzene rings is 1. The van der Waals surface area contributed by atoms with E-state index in [9.17, 15) is 9.59 Å². The maximum absolute atomic E-state index is 12.1. The van der Waals surface area contributed by atoms with Crippen molar-refractivity contribution in [1.29, 1.82) is 0 Å². The Bertz CT molecular complexity index is 682. The SMILES string of the molecule is Cc1cc(Br)ccc1NC(=O)CCN[C@@H](C)C1CN(C(=O)OC(C)(C)C)C1. The average Bonchev–Trinajstić information content (AvgIpc) is 2.46. The molecule has 2 rings (SSSR count). The van der Waals surface area contributed by atoms with Gasteiger partial charge in [-0.3, -0.25) is 4.79 Å². The predicted octanol–water partition coefficient (Wildman–Crippen LogP) is 3.93. The number of hydrogen-bond donors (Lipinski definition) is 2. The minimum Gasteiger partial charge on any atom is -0.444 e. The number of carbonyl (C=O) groups is 2. The third kappa shape index (κ3) is 6.81. The summed E-state index contributed by atoms with van der Waals surface area (Å²) < 4.78 is 6.36. The highest BCUT2D eigenvalue weighted by molar-refractivity contribution is 9.10. The quantitative estimate of drug-likeness (QED) is 0.703. The molecule has 150 valence electrons. The Labute approximate surface area is 170 Å². The van der Waals surface area contributed by atoms with Gasteiger partial charge in [0.05, 0.1) is 0 Å². The van der Waals surface area contributed by atoms with Gasteiger partial charge in [-0.25, -0.2) is 4.79 Å². The van der Waals surface area contributed by atoms with Crippen LogP contribution in [0.1, 0.15) is 39.7 Å². The van der Waals surface area contributed by atoms with Crippen molar-refractivity contribution >= 4 is 33.6 Å². The summed E-state index contributed by atoms with van der Waals surface area (Å²) in [5.74, 6) is 0.374. The van der Waals surface area contributed by atoms with Crippen LogP contribution in [0, 0.1) is 12.8 Å². The van der Waals surface area contributed by atoms with E-state index in [1.54, 1.807) is 4.90 Å². The van der Waals surface area contributed by atoms with Crippen LogP contribution < -0.4 is 10.6 Å². The highest BCUT2D eigenvalue weighted by Gasteiger charge is 2.36. The molecule has 7 heteroatoms. The van der Waals surface area contributed by atoms with Crippen molar-refractivity contribution in [3.05, 3.63) is 28.2 Å². The first-order valence-electron chi connectivity index (χ1n) is 9.32. The van der Waals surface area contributed by atoms with Crippen LogP contribution in [0.4, 0.5) is 10.5 Å². The maximum Gasteiger partial charge on any atom is 0.410 e. The molecule has 1 aromatic carbocycles. The Hall–Kier alpha value is -1.60. The molecule has 1 fully saturated rings. The molecule has 1 saturated heterocycles. The van der Waals surface area contributed by atoms with E-state index in [1.807, 2.05) is 45.9 Å². The number of ether oxygens (including phenoxy) is 1.